The van der Waals surface area contributed by atoms with Crippen molar-refractivity contribution in [3.8, 4) is 5.75 Å². The summed E-state index contributed by atoms with van der Waals surface area (Å²) < 4.78 is 30.3. The lowest BCUT2D eigenvalue weighted by atomic mass is 10.1. The van der Waals surface area contributed by atoms with Crippen LogP contribution in [0.5, 0.6) is 5.75 Å². The van der Waals surface area contributed by atoms with Crippen molar-refractivity contribution >= 4 is 44.7 Å². The molecule has 5 nitrogen and oxygen atoms in total. The van der Waals surface area contributed by atoms with Crippen LogP contribution in [-0.4, -0.2) is 33.6 Å². The average Bonchev–Trinajstić information content (AvgIpc) is 2.99. The second kappa shape index (κ2) is 6.86. The van der Waals surface area contributed by atoms with Gasteiger partial charge in [0.25, 0.3) is 0 Å². The number of ketones is 1. The standard InChI is InChI=1S/C17H15Cl2NO4S/c1-25(22,23)20-8-7-11-9-12(5-6-14(11)20)15(21)10-24-16-4-2-3-13(18)17(16)19/h2-6,9H,7-8,10H2,1H3. The number of fused-ring (bicyclic) bond motifs is 1. The first-order chi connectivity index (χ1) is 11.8. The van der Waals surface area contributed by atoms with Crippen molar-refractivity contribution in [2.45, 2.75) is 6.42 Å². The van der Waals surface area contributed by atoms with Gasteiger partial charge in [-0.3, -0.25) is 9.10 Å². The third-order valence-electron chi connectivity index (χ3n) is 3.93. The summed E-state index contributed by atoms with van der Waals surface area (Å²) in [5, 5.41) is 0.611. The van der Waals surface area contributed by atoms with E-state index >= 15 is 0 Å². The largest absolute Gasteiger partial charge is 0.484 e. The van der Waals surface area contributed by atoms with E-state index in [1.54, 1.807) is 36.4 Å². The van der Waals surface area contributed by atoms with Crippen LogP contribution in [0.4, 0.5) is 5.69 Å². The summed E-state index contributed by atoms with van der Waals surface area (Å²) in [4.78, 5) is 12.4. The molecule has 2 aromatic rings. The molecule has 0 spiro atoms. The molecule has 0 saturated heterocycles. The van der Waals surface area contributed by atoms with Crippen molar-refractivity contribution in [1.82, 2.24) is 0 Å². The lowest BCUT2D eigenvalue weighted by Crippen LogP contribution is -2.27. The van der Waals surface area contributed by atoms with Crippen molar-refractivity contribution < 1.29 is 17.9 Å². The van der Waals surface area contributed by atoms with Crippen LogP contribution in [0, 0.1) is 0 Å². The smallest absolute Gasteiger partial charge is 0.232 e. The van der Waals surface area contributed by atoms with Crippen molar-refractivity contribution in [2.75, 3.05) is 23.7 Å². The molecule has 0 fully saturated rings. The maximum absolute atomic E-state index is 12.4. The molecule has 1 aliphatic rings. The van der Waals surface area contributed by atoms with Crippen LogP contribution in [0.3, 0.4) is 0 Å². The Kier molecular flexibility index (Phi) is 4.95. The second-order valence-corrected chi connectivity index (χ2v) is 8.38. The highest BCUT2D eigenvalue weighted by atomic mass is 35.5. The molecule has 132 valence electrons. The fraction of sp³-hybridized carbons (Fsp3) is 0.235. The topological polar surface area (TPSA) is 63.7 Å². The number of nitrogens with zero attached hydrogens (tertiary/aromatic N) is 1. The van der Waals surface area contributed by atoms with Gasteiger partial charge in [-0.2, -0.15) is 0 Å². The molecule has 0 radical (unpaired) electrons. The van der Waals surface area contributed by atoms with E-state index < -0.39 is 10.0 Å². The SMILES string of the molecule is CS(=O)(=O)N1CCc2cc(C(=O)COc3cccc(Cl)c3Cl)ccc21. The van der Waals surface area contributed by atoms with E-state index in [0.717, 1.165) is 5.56 Å². The molecule has 1 aliphatic heterocycles. The predicted molar refractivity (Wildman–Crippen MR) is 98.6 cm³/mol. The summed E-state index contributed by atoms with van der Waals surface area (Å²) >= 11 is 11.9. The maximum Gasteiger partial charge on any atom is 0.232 e. The van der Waals surface area contributed by atoms with Crippen LogP contribution in [-0.2, 0) is 16.4 Å². The summed E-state index contributed by atoms with van der Waals surface area (Å²) in [5.74, 6) is 0.114. The summed E-state index contributed by atoms with van der Waals surface area (Å²) in [6, 6.07) is 9.92. The van der Waals surface area contributed by atoms with Crippen LogP contribution in [0.2, 0.25) is 10.0 Å². The Balaban J connectivity index is 1.75. The van der Waals surface area contributed by atoms with E-state index in [9.17, 15) is 13.2 Å². The van der Waals surface area contributed by atoms with Gasteiger partial charge in [0.05, 0.1) is 17.0 Å². The van der Waals surface area contributed by atoms with E-state index in [-0.39, 0.29) is 17.4 Å². The molecule has 0 amide bonds. The number of sulfonamides is 1. The Morgan fingerprint density at radius 3 is 2.72 bits per heavy atom. The van der Waals surface area contributed by atoms with Crippen molar-refractivity contribution in [1.29, 1.82) is 0 Å². The summed E-state index contributed by atoms with van der Waals surface area (Å²) in [6.07, 6.45) is 1.74. The highest BCUT2D eigenvalue weighted by molar-refractivity contribution is 7.92. The number of anilines is 1. The first kappa shape index (κ1) is 18.0. The van der Waals surface area contributed by atoms with Crippen LogP contribution in [0.1, 0.15) is 15.9 Å². The molecule has 0 N–H and O–H groups in total. The fourth-order valence-electron chi connectivity index (χ4n) is 2.71. The van der Waals surface area contributed by atoms with E-state index in [2.05, 4.69) is 0 Å². The summed E-state index contributed by atoms with van der Waals surface area (Å²) in [7, 11) is -3.31. The maximum atomic E-state index is 12.4. The highest BCUT2D eigenvalue weighted by Crippen LogP contribution is 2.32. The molecule has 0 bridgehead atoms. The Morgan fingerprint density at radius 2 is 2.00 bits per heavy atom. The number of Topliss-reactive ketones (excluding diaryl/α,β-unsaturated/α-hetero) is 1. The number of halogens is 2. The number of rotatable bonds is 5. The van der Waals surface area contributed by atoms with Crippen LogP contribution >= 0.6 is 23.2 Å². The average molecular weight is 400 g/mol. The Bertz CT molecular complexity index is 944. The number of ether oxygens (including phenoxy) is 1. The fourth-order valence-corrected chi connectivity index (χ4v) is 4.02. The molecule has 1 heterocycles. The van der Waals surface area contributed by atoms with E-state index in [1.165, 1.54) is 10.6 Å². The van der Waals surface area contributed by atoms with Gasteiger partial charge in [0.1, 0.15) is 10.8 Å². The predicted octanol–water partition coefficient (Wildman–Crippen LogP) is 3.58. The lowest BCUT2D eigenvalue weighted by Gasteiger charge is -2.16. The third kappa shape index (κ3) is 3.76. The minimum atomic E-state index is -3.31. The van der Waals surface area contributed by atoms with E-state index in [0.29, 0.717) is 35.0 Å². The highest BCUT2D eigenvalue weighted by Gasteiger charge is 2.26. The van der Waals surface area contributed by atoms with Gasteiger partial charge in [0.2, 0.25) is 10.0 Å². The minimum absolute atomic E-state index is 0.186. The zero-order chi connectivity index (χ0) is 18.2. The van der Waals surface area contributed by atoms with Crippen molar-refractivity contribution in [2.24, 2.45) is 0 Å². The number of hydrogen-bond donors (Lipinski definition) is 0. The normalized spacial score (nSPS) is 13.6. The van der Waals surface area contributed by atoms with Gasteiger partial charge in [0.15, 0.2) is 12.4 Å². The molecule has 2 aromatic carbocycles. The van der Waals surface area contributed by atoms with E-state index in [4.69, 9.17) is 27.9 Å². The third-order valence-corrected chi connectivity index (χ3v) is 5.91. The molecule has 0 unspecified atom stereocenters. The lowest BCUT2D eigenvalue weighted by molar-refractivity contribution is 0.0921. The Labute approximate surface area is 156 Å². The quantitative estimate of drug-likeness (QED) is 0.720. The van der Waals surface area contributed by atoms with Gasteiger partial charge in [0, 0.05) is 12.1 Å². The monoisotopic (exact) mass is 399 g/mol. The van der Waals surface area contributed by atoms with Gasteiger partial charge in [-0.1, -0.05) is 29.3 Å². The van der Waals surface area contributed by atoms with Crippen LogP contribution in [0.25, 0.3) is 0 Å². The number of benzene rings is 2. The number of hydrogen-bond acceptors (Lipinski definition) is 4. The molecule has 0 atom stereocenters. The molecule has 0 saturated carbocycles. The van der Waals surface area contributed by atoms with Gasteiger partial charge < -0.3 is 4.74 Å². The Morgan fingerprint density at radius 1 is 1.24 bits per heavy atom. The van der Waals surface area contributed by atoms with Gasteiger partial charge in [-0.25, -0.2) is 8.42 Å². The summed E-state index contributed by atoms with van der Waals surface area (Å²) in [5.41, 5.74) is 1.92. The van der Waals surface area contributed by atoms with Gasteiger partial charge in [-0.15, -0.1) is 0 Å². The molecular formula is C17H15Cl2NO4S. The molecular weight excluding hydrogens is 385 g/mol. The zero-order valence-corrected chi connectivity index (χ0v) is 15.7. The number of carbonyl (C=O) groups excluding carboxylic acids is 1. The first-order valence-electron chi connectivity index (χ1n) is 7.48. The second-order valence-electron chi connectivity index (χ2n) is 5.69. The Hall–Kier alpha value is -1.76. The minimum Gasteiger partial charge on any atom is -0.484 e. The molecule has 0 aliphatic carbocycles. The van der Waals surface area contributed by atoms with Crippen molar-refractivity contribution in [3.63, 3.8) is 0 Å². The number of carbonyl (C=O) groups is 1. The molecule has 8 heteroatoms. The van der Waals surface area contributed by atoms with Gasteiger partial charge in [-0.05, 0) is 42.3 Å². The van der Waals surface area contributed by atoms with Crippen LogP contribution < -0.4 is 9.04 Å². The first-order valence-corrected chi connectivity index (χ1v) is 10.1. The van der Waals surface area contributed by atoms with Gasteiger partial charge >= 0.3 is 0 Å². The molecule has 25 heavy (non-hydrogen) atoms. The van der Waals surface area contributed by atoms with Crippen molar-refractivity contribution in [3.05, 3.63) is 57.6 Å². The van der Waals surface area contributed by atoms with E-state index in [1.807, 2.05) is 0 Å². The summed E-state index contributed by atoms with van der Waals surface area (Å²) in [6.45, 7) is 0.203. The molecule has 3 rings (SSSR count). The molecule has 0 aromatic heterocycles. The zero-order valence-electron chi connectivity index (χ0n) is 13.3. The van der Waals surface area contributed by atoms with Crippen LogP contribution in [0.15, 0.2) is 36.4 Å².